The Bertz CT molecular complexity index is 529. The highest BCUT2D eigenvalue weighted by Gasteiger charge is 2.33. The number of hydrogen-bond acceptors (Lipinski definition) is 3. The van der Waals surface area contributed by atoms with E-state index in [0.717, 1.165) is 23.2 Å². The summed E-state index contributed by atoms with van der Waals surface area (Å²) in [6, 6.07) is 1.08. The third kappa shape index (κ3) is 2.89. The Morgan fingerprint density at radius 3 is 2.57 bits per heavy atom. The van der Waals surface area contributed by atoms with Crippen molar-refractivity contribution < 1.29 is 0 Å². The number of rotatable bonds is 2. The van der Waals surface area contributed by atoms with Crippen LogP contribution in [0.25, 0.3) is 0 Å². The normalized spacial score (nSPS) is 31.6. The van der Waals surface area contributed by atoms with Gasteiger partial charge in [-0.2, -0.15) is 0 Å². The van der Waals surface area contributed by atoms with Gasteiger partial charge in [0.2, 0.25) is 5.95 Å². The second-order valence-electron chi connectivity index (χ2n) is 7.20. The van der Waals surface area contributed by atoms with Crippen molar-refractivity contribution in [3.8, 4) is 0 Å². The molecule has 0 bridgehead atoms. The predicted molar refractivity (Wildman–Crippen MR) is 89.3 cm³/mol. The second-order valence-corrected chi connectivity index (χ2v) is 7.59. The van der Waals surface area contributed by atoms with Crippen LogP contribution in [0.1, 0.15) is 65.3 Å². The Morgan fingerprint density at radius 1 is 1.14 bits per heavy atom. The Balaban J connectivity index is 1.93. The van der Waals surface area contributed by atoms with E-state index in [9.17, 15) is 0 Å². The molecule has 1 N–H and O–H groups in total. The third-order valence-electron chi connectivity index (χ3n) is 5.48. The lowest BCUT2D eigenvalue weighted by Crippen LogP contribution is -2.47. The fourth-order valence-corrected chi connectivity index (χ4v) is 4.42. The van der Waals surface area contributed by atoms with Gasteiger partial charge in [0.1, 0.15) is 0 Å². The molecule has 1 saturated carbocycles. The second kappa shape index (κ2) is 6.11. The zero-order valence-corrected chi connectivity index (χ0v) is 14.3. The topological polar surface area (TPSA) is 36.9 Å². The monoisotopic (exact) mass is 308 g/mol. The van der Waals surface area contributed by atoms with Gasteiger partial charge in [0.05, 0.1) is 0 Å². The SMILES string of the molecule is CC1CC(C)C(C)N(c2n[nH]c(=S)n2C2CCCCC2)C1. The molecule has 1 aliphatic carbocycles. The van der Waals surface area contributed by atoms with E-state index in [4.69, 9.17) is 12.2 Å². The maximum Gasteiger partial charge on any atom is 0.226 e. The van der Waals surface area contributed by atoms with Crippen LogP contribution in [0.2, 0.25) is 0 Å². The van der Waals surface area contributed by atoms with E-state index in [1.165, 1.54) is 38.5 Å². The van der Waals surface area contributed by atoms with Crippen molar-refractivity contribution in [2.75, 3.05) is 11.4 Å². The summed E-state index contributed by atoms with van der Waals surface area (Å²) in [5.41, 5.74) is 0. The number of nitrogens with zero attached hydrogens (tertiary/aromatic N) is 3. The van der Waals surface area contributed by atoms with Crippen LogP contribution in [0.3, 0.4) is 0 Å². The predicted octanol–water partition coefficient (Wildman–Crippen LogP) is 4.32. The lowest BCUT2D eigenvalue weighted by molar-refractivity contribution is 0.284. The first-order valence-corrected chi connectivity index (χ1v) is 8.92. The molecule has 1 aromatic rings. The minimum atomic E-state index is 0.536. The summed E-state index contributed by atoms with van der Waals surface area (Å²) in [6.07, 6.45) is 7.80. The highest BCUT2D eigenvalue weighted by molar-refractivity contribution is 7.71. The molecule has 3 atom stereocenters. The molecule has 4 nitrogen and oxygen atoms in total. The van der Waals surface area contributed by atoms with E-state index in [0.29, 0.717) is 18.0 Å². The first-order valence-electron chi connectivity index (χ1n) is 8.51. The van der Waals surface area contributed by atoms with Crippen LogP contribution in [-0.4, -0.2) is 27.4 Å². The summed E-state index contributed by atoms with van der Waals surface area (Å²) in [5, 5.41) is 7.66. The Kier molecular flexibility index (Phi) is 4.38. The van der Waals surface area contributed by atoms with Crippen LogP contribution in [0.15, 0.2) is 0 Å². The lowest BCUT2D eigenvalue weighted by atomic mass is 9.86. The van der Waals surface area contributed by atoms with Gasteiger partial charge in [0, 0.05) is 18.6 Å². The average Bonchev–Trinajstić information content (AvgIpc) is 2.85. The quantitative estimate of drug-likeness (QED) is 0.827. The zero-order chi connectivity index (χ0) is 15.0. The fraction of sp³-hybridized carbons (Fsp3) is 0.875. The maximum absolute atomic E-state index is 5.54. The van der Waals surface area contributed by atoms with E-state index in [2.05, 4.69) is 40.4 Å². The molecule has 118 valence electrons. The van der Waals surface area contributed by atoms with E-state index >= 15 is 0 Å². The molecule has 2 fully saturated rings. The van der Waals surface area contributed by atoms with Gasteiger partial charge in [0.15, 0.2) is 4.77 Å². The van der Waals surface area contributed by atoms with Gasteiger partial charge in [-0.1, -0.05) is 33.1 Å². The fourth-order valence-electron chi connectivity index (χ4n) is 4.15. The molecule has 3 unspecified atom stereocenters. The molecule has 5 heteroatoms. The minimum Gasteiger partial charge on any atom is -0.338 e. The number of H-pyrrole nitrogens is 1. The van der Waals surface area contributed by atoms with Gasteiger partial charge >= 0.3 is 0 Å². The molecule has 1 aliphatic heterocycles. The molecular weight excluding hydrogens is 280 g/mol. The van der Waals surface area contributed by atoms with Crippen molar-refractivity contribution in [2.24, 2.45) is 11.8 Å². The van der Waals surface area contributed by atoms with E-state index in [1.807, 2.05) is 0 Å². The van der Waals surface area contributed by atoms with Crippen molar-refractivity contribution in [3.05, 3.63) is 4.77 Å². The molecule has 0 aromatic carbocycles. The van der Waals surface area contributed by atoms with Crippen molar-refractivity contribution in [1.82, 2.24) is 14.8 Å². The Morgan fingerprint density at radius 2 is 1.86 bits per heavy atom. The highest BCUT2D eigenvalue weighted by atomic mass is 32.1. The highest BCUT2D eigenvalue weighted by Crippen LogP contribution is 2.35. The van der Waals surface area contributed by atoms with Crippen LogP contribution in [0.5, 0.6) is 0 Å². The molecule has 21 heavy (non-hydrogen) atoms. The number of nitrogens with one attached hydrogen (secondary N) is 1. The third-order valence-corrected chi connectivity index (χ3v) is 5.77. The molecule has 1 saturated heterocycles. The minimum absolute atomic E-state index is 0.536. The summed E-state index contributed by atoms with van der Waals surface area (Å²) < 4.78 is 3.12. The van der Waals surface area contributed by atoms with Crippen molar-refractivity contribution in [2.45, 2.75) is 71.4 Å². The van der Waals surface area contributed by atoms with Gasteiger partial charge in [0.25, 0.3) is 0 Å². The summed E-state index contributed by atoms with van der Waals surface area (Å²) in [7, 11) is 0. The van der Waals surface area contributed by atoms with Crippen LogP contribution < -0.4 is 4.90 Å². The van der Waals surface area contributed by atoms with Crippen LogP contribution >= 0.6 is 12.2 Å². The number of hydrogen-bond donors (Lipinski definition) is 1. The summed E-state index contributed by atoms with van der Waals surface area (Å²) in [4.78, 5) is 2.49. The van der Waals surface area contributed by atoms with Gasteiger partial charge in [-0.25, -0.2) is 5.10 Å². The maximum atomic E-state index is 5.54. The zero-order valence-electron chi connectivity index (χ0n) is 13.5. The summed E-state index contributed by atoms with van der Waals surface area (Å²) in [6.45, 7) is 8.14. The number of anilines is 1. The smallest absolute Gasteiger partial charge is 0.226 e. The first kappa shape index (κ1) is 15.1. The number of piperidine rings is 1. The standard InChI is InChI=1S/C16H28N4S/c1-11-9-12(2)13(3)19(10-11)15-17-18-16(21)20(15)14-7-5-4-6-8-14/h11-14H,4-10H2,1-3H3,(H,18,21). The first-order chi connectivity index (χ1) is 10.1. The molecular formula is C16H28N4S. The van der Waals surface area contributed by atoms with Gasteiger partial charge in [-0.05, 0) is 50.2 Å². The summed E-state index contributed by atoms with van der Waals surface area (Å²) in [5.74, 6) is 2.51. The van der Waals surface area contributed by atoms with Crippen LogP contribution in [0.4, 0.5) is 5.95 Å². The van der Waals surface area contributed by atoms with Crippen molar-refractivity contribution in [1.29, 1.82) is 0 Å². The molecule has 2 heterocycles. The molecule has 2 aliphatic rings. The lowest BCUT2D eigenvalue weighted by Gasteiger charge is -2.42. The van der Waals surface area contributed by atoms with Crippen LogP contribution in [0, 0.1) is 16.6 Å². The van der Waals surface area contributed by atoms with Gasteiger partial charge in [-0.15, -0.1) is 5.10 Å². The van der Waals surface area contributed by atoms with Gasteiger partial charge in [-0.3, -0.25) is 4.57 Å². The van der Waals surface area contributed by atoms with Gasteiger partial charge < -0.3 is 4.90 Å². The van der Waals surface area contributed by atoms with E-state index in [-0.39, 0.29) is 0 Å². The Labute approximate surface area is 132 Å². The molecule has 0 amide bonds. The molecule has 3 rings (SSSR count). The Hall–Kier alpha value is -0.840. The largest absolute Gasteiger partial charge is 0.338 e. The number of aromatic amines is 1. The van der Waals surface area contributed by atoms with Crippen molar-refractivity contribution in [3.63, 3.8) is 0 Å². The van der Waals surface area contributed by atoms with E-state index < -0.39 is 0 Å². The molecule has 1 aromatic heterocycles. The van der Waals surface area contributed by atoms with Crippen molar-refractivity contribution >= 4 is 18.2 Å². The molecule has 0 spiro atoms. The van der Waals surface area contributed by atoms with E-state index in [1.54, 1.807) is 0 Å². The molecule has 0 radical (unpaired) electrons. The summed E-state index contributed by atoms with van der Waals surface area (Å²) >= 11 is 5.54. The van der Waals surface area contributed by atoms with Crippen LogP contribution in [-0.2, 0) is 0 Å². The average molecular weight is 308 g/mol. The number of aromatic nitrogens is 3.